The van der Waals surface area contributed by atoms with E-state index in [2.05, 4.69) is 5.32 Å². The predicted octanol–water partition coefficient (Wildman–Crippen LogP) is 4.99. The summed E-state index contributed by atoms with van der Waals surface area (Å²) < 4.78 is 16.0. The van der Waals surface area contributed by atoms with Crippen LogP contribution >= 0.6 is 0 Å². The Morgan fingerprint density at radius 3 is 2.53 bits per heavy atom. The minimum atomic E-state index is -0.557. The van der Waals surface area contributed by atoms with Gasteiger partial charge in [-0.1, -0.05) is 6.07 Å². The predicted molar refractivity (Wildman–Crippen MR) is 120 cm³/mol. The lowest BCUT2D eigenvalue weighted by Gasteiger charge is -2.06. The van der Waals surface area contributed by atoms with E-state index in [1.807, 2.05) is 19.9 Å². The number of hydrogen-bond acceptors (Lipinski definition) is 6. The first-order chi connectivity index (χ1) is 15.4. The topological polar surface area (TPSA) is 102 Å². The number of carbonyl (C=O) groups excluding carboxylic acids is 2. The van der Waals surface area contributed by atoms with Crippen molar-refractivity contribution in [2.45, 2.75) is 13.8 Å². The first-order valence-electron chi connectivity index (χ1n) is 9.90. The lowest BCUT2D eigenvalue weighted by atomic mass is 10.0. The van der Waals surface area contributed by atoms with Crippen LogP contribution in [0.3, 0.4) is 0 Å². The van der Waals surface area contributed by atoms with Crippen molar-refractivity contribution < 1.29 is 23.5 Å². The maximum atomic E-state index is 12.5. The fraction of sp³-hybridized carbons (Fsp3) is 0.160. The molecule has 3 rings (SSSR count). The van der Waals surface area contributed by atoms with Crippen molar-refractivity contribution in [1.29, 1.82) is 5.26 Å². The molecule has 2 aromatic carbocycles. The molecule has 1 N–H and O–H groups in total. The average molecular weight is 430 g/mol. The lowest BCUT2D eigenvalue weighted by molar-refractivity contribution is -0.112. The van der Waals surface area contributed by atoms with Crippen LogP contribution in [0.5, 0.6) is 5.75 Å². The normalized spacial score (nSPS) is 10.9. The molecule has 1 amide bonds. The van der Waals surface area contributed by atoms with Gasteiger partial charge in [0.05, 0.1) is 19.3 Å². The molecule has 0 saturated carbocycles. The summed E-state index contributed by atoms with van der Waals surface area (Å²) in [7, 11) is 1.32. The van der Waals surface area contributed by atoms with Gasteiger partial charge >= 0.3 is 5.97 Å². The van der Waals surface area contributed by atoms with Crippen LogP contribution in [-0.4, -0.2) is 25.6 Å². The van der Waals surface area contributed by atoms with Crippen LogP contribution in [0, 0.1) is 18.3 Å². The molecule has 7 heteroatoms. The summed E-state index contributed by atoms with van der Waals surface area (Å²) in [5, 5.41) is 12.1. The van der Waals surface area contributed by atoms with Crippen molar-refractivity contribution in [3.63, 3.8) is 0 Å². The molecule has 0 saturated heterocycles. The molecule has 0 atom stereocenters. The van der Waals surface area contributed by atoms with Crippen molar-refractivity contribution in [3.8, 4) is 23.1 Å². The Morgan fingerprint density at radius 2 is 1.88 bits per heavy atom. The molecule has 3 aromatic rings. The number of methoxy groups -OCH3 is 1. The van der Waals surface area contributed by atoms with Crippen LogP contribution in [0.25, 0.3) is 17.4 Å². The number of rotatable bonds is 7. The fourth-order valence-corrected chi connectivity index (χ4v) is 3.00. The molecule has 0 aliphatic heterocycles. The Hall–Kier alpha value is -4.31. The zero-order valence-electron chi connectivity index (χ0n) is 18.0. The summed E-state index contributed by atoms with van der Waals surface area (Å²) >= 11 is 0. The van der Waals surface area contributed by atoms with Crippen molar-refractivity contribution in [2.24, 2.45) is 0 Å². The average Bonchev–Trinajstić information content (AvgIpc) is 3.27. The third-order valence-corrected chi connectivity index (χ3v) is 4.63. The van der Waals surface area contributed by atoms with Gasteiger partial charge in [-0.05, 0) is 67.9 Å². The van der Waals surface area contributed by atoms with Gasteiger partial charge in [0.2, 0.25) is 0 Å². The zero-order chi connectivity index (χ0) is 23.1. The van der Waals surface area contributed by atoms with E-state index in [1.54, 1.807) is 54.6 Å². The molecule has 0 fully saturated rings. The van der Waals surface area contributed by atoms with E-state index in [9.17, 15) is 14.9 Å². The number of hydrogen-bond donors (Lipinski definition) is 1. The Bertz CT molecular complexity index is 1200. The molecule has 32 heavy (non-hydrogen) atoms. The second kappa shape index (κ2) is 10.1. The smallest absolute Gasteiger partial charge is 0.337 e. The first kappa shape index (κ1) is 22.4. The van der Waals surface area contributed by atoms with Gasteiger partial charge < -0.3 is 19.2 Å². The summed E-state index contributed by atoms with van der Waals surface area (Å²) in [5.74, 6) is 0.523. The van der Waals surface area contributed by atoms with Crippen molar-refractivity contribution in [2.75, 3.05) is 19.0 Å². The Labute approximate surface area is 185 Å². The second-order valence-electron chi connectivity index (χ2n) is 6.80. The molecule has 1 heterocycles. The van der Waals surface area contributed by atoms with Crippen LogP contribution in [0.15, 0.2) is 64.6 Å². The van der Waals surface area contributed by atoms with Crippen molar-refractivity contribution in [3.05, 3.63) is 77.1 Å². The summed E-state index contributed by atoms with van der Waals surface area (Å²) in [4.78, 5) is 24.3. The third kappa shape index (κ3) is 5.24. The van der Waals surface area contributed by atoms with Gasteiger partial charge in [0.1, 0.15) is 28.9 Å². The van der Waals surface area contributed by atoms with Gasteiger partial charge in [-0.3, -0.25) is 4.79 Å². The minimum absolute atomic E-state index is 0.111. The number of nitriles is 1. The minimum Gasteiger partial charge on any atom is -0.494 e. The van der Waals surface area contributed by atoms with Crippen LogP contribution in [0.4, 0.5) is 5.69 Å². The Balaban J connectivity index is 1.80. The molecule has 0 spiro atoms. The molecule has 1 aromatic heterocycles. The van der Waals surface area contributed by atoms with E-state index in [0.717, 1.165) is 5.56 Å². The van der Waals surface area contributed by atoms with E-state index in [4.69, 9.17) is 13.9 Å². The SMILES string of the molecule is CCOc1ccc(NC(=O)/C(C#N)=C\c2ccc(-c3cc(C(=O)OC)ccc3C)o2)cc1. The standard InChI is InChI=1S/C25H22N2O5/c1-4-31-20-9-7-19(8-10-20)27-24(28)18(15-26)13-21-11-12-23(32-21)22-14-17(25(29)30-3)6-5-16(22)2/h5-14H,4H2,1-3H3,(H,27,28)/b18-13-. The maximum Gasteiger partial charge on any atom is 0.337 e. The highest BCUT2D eigenvalue weighted by atomic mass is 16.5. The second-order valence-corrected chi connectivity index (χ2v) is 6.80. The molecule has 7 nitrogen and oxygen atoms in total. The van der Waals surface area contributed by atoms with Crippen LogP contribution in [0.1, 0.15) is 28.6 Å². The monoisotopic (exact) mass is 430 g/mol. The van der Waals surface area contributed by atoms with Gasteiger partial charge in [-0.15, -0.1) is 0 Å². The summed E-state index contributed by atoms with van der Waals surface area (Å²) in [6.45, 7) is 4.32. The highest BCUT2D eigenvalue weighted by molar-refractivity contribution is 6.09. The number of aryl methyl sites for hydroxylation is 1. The fourth-order valence-electron chi connectivity index (χ4n) is 3.00. The molecular formula is C25H22N2O5. The quantitative estimate of drug-likeness (QED) is 0.322. The number of furan rings is 1. The molecule has 0 unspecified atom stereocenters. The number of nitrogens with one attached hydrogen (secondary N) is 1. The zero-order valence-corrected chi connectivity index (χ0v) is 18.0. The molecule has 0 radical (unpaired) electrons. The number of ether oxygens (including phenoxy) is 2. The summed E-state index contributed by atoms with van der Waals surface area (Å²) in [6, 6.07) is 17.3. The largest absolute Gasteiger partial charge is 0.494 e. The van der Waals surface area contributed by atoms with Crippen molar-refractivity contribution >= 4 is 23.6 Å². The highest BCUT2D eigenvalue weighted by Crippen LogP contribution is 2.28. The number of anilines is 1. The molecule has 0 aliphatic rings. The summed E-state index contributed by atoms with van der Waals surface area (Å²) in [5.41, 5.74) is 2.44. The number of carbonyl (C=O) groups is 2. The Kier molecular flexibility index (Phi) is 7.09. The number of benzene rings is 2. The third-order valence-electron chi connectivity index (χ3n) is 4.63. The van der Waals surface area contributed by atoms with E-state index in [1.165, 1.54) is 13.2 Å². The van der Waals surface area contributed by atoms with Crippen LogP contribution in [-0.2, 0) is 9.53 Å². The van der Waals surface area contributed by atoms with Gasteiger partial charge in [0.15, 0.2) is 0 Å². The number of nitrogens with zero attached hydrogens (tertiary/aromatic N) is 1. The highest BCUT2D eigenvalue weighted by Gasteiger charge is 2.14. The van der Waals surface area contributed by atoms with E-state index < -0.39 is 11.9 Å². The van der Waals surface area contributed by atoms with E-state index in [0.29, 0.717) is 40.7 Å². The van der Waals surface area contributed by atoms with Gasteiger partial charge in [-0.25, -0.2) is 4.79 Å². The lowest BCUT2D eigenvalue weighted by Crippen LogP contribution is -2.13. The number of esters is 1. The van der Waals surface area contributed by atoms with Gasteiger partial charge in [0.25, 0.3) is 5.91 Å². The van der Waals surface area contributed by atoms with E-state index in [-0.39, 0.29) is 5.57 Å². The first-order valence-corrected chi connectivity index (χ1v) is 9.90. The van der Waals surface area contributed by atoms with Crippen LogP contribution in [0.2, 0.25) is 0 Å². The molecule has 162 valence electrons. The van der Waals surface area contributed by atoms with E-state index >= 15 is 0 Å². The molecular weight excluding hydrogens is 408 g/mol. The molecule has 0 aliphatic carbocycles. The van der Waals surface area contributed by atoms with Crippen molar-refractivity contribution in [1.82, 2.24) is 0 Å². The van der Waals surface area contributed by atoms with Crippen LogP contribution < -0.4 is 10.1 Å². The molecule has 0 bridgehead atoms. The summed E-state index contributed by atoms with van der Waals surface area (Å²) in [6.07, 6.45) is 1.37. The van der Waals surface area contributed by atoms with Gasteiger partial charge in [0, 0.05) is 17.3 Å². The van der Waals surface area contributed by atoms with Gasteiger partial charge in [-0.2, -0.15) is 5.26 Å². The maximum absolute atomic E-state index is 12.5. The Morgan fingerprint density at radius 1 is 1.12 bits per heavy atom. The number of amides is 1.